The number of carbonyl (C=O) groups excluding carboxylic acids is 1. The van der Waals surface area contributed by atoms with E-state index in [1.54, 1.807) is 14.2 Å². The van der Waals surface area contributed by atoms with E-state index in [0.717, 1.165) is 28.2 Å². The maximum Gasteiger partial charge on any atom is 0.305 e. The second-order valence-corrected chi connectivity index (χ2v) is 4.10. The third-order valence-corrected chi connectivity index (χ3v) is 3.12. The molecule has 0 aliphatic rings. The molecule has 18 heavy (non-hydrogen) atoms. The molecule has 0 heterocycles. The van der Waals surface area contributed by atoms with Crippen molar-refractivity contribution in [3.63, 3.8) is 0 Å². The minimum absolute atomic E-state index is 0.228. The molecule has 0 bridgehead atoms. The predicted octanol–water partition coefficient (Wildman–Crippen LogP) is 2.43. The summed E-state index contributed by atoms with van der Waals surface area (Å²) in [5, 5.41) is 0. The predicted molar refractivity (Wildman–Crippen MR) is 69.4 cm³/mol. The van der Waals surface area contributed by atoms with Gasteiger partial charge in [0.2, 0.25) is 0 Å². The van der Waals surface area contributed by atoms with E-state index >= 15 is 0 Å². The van der Waals surface area contributed by atoms with E-state index in [-0.39, 0.29) is 5.97 Å². The Bertz CT molecular complexity index is 438. The zero-order chi connectivity index (χ0) is 13.7. The Labute approximate surface area is 108 Å². The van der Waals surface area contributed by atoms with Gasteiger partial charge in [0.1, 0.15) is 11.5 Å². The lowest BCUT2D eigenvalue weighted by Crippen LogP contribution is -2.05. The molecule has 0 amide bonds. The van der Waals surface area contributed by atoms with Crippen molar-refractivity contribution in [3.05, 3.63) is 22.8 Å². The van der Waals surface area contributed by atoms with Crippen molar-refractivity contribution in [1.82, 2.24) is 0 Å². The number of esters is 1. The van der Waals surface area contributed by atoms with E-state index in [9.17, 15) is 4.79 Å². The molecular weight excluding hydrogens is 232 g/mol. The molecule has 0 aliphatic heterocycles. The molecule has 1 aromatic rings. The number of aryl methyl sites for hydroxylation is 1. The van der Waals surface area contributed by atoms with Crippen LogP contribution in [0, 0.1) is 13.8 Å². The van der Waals surface area contributed by atoms with E-state index in [1.165, 1.54) is 7.11 Å². The fraction of sp³-hybridized carbons (Fsp3) is 0.500. The fourth-order valence-corrected chi connectivity index (χ4v) is 1.95. The highest BCUT2D eigenvalue weighted by molar-refractivity contribution is 5.70. The van der Waals surface area contributed by atoms with Gasteiger partial charge < -0.3 is 14.2 Å². The van der Waals surface area contributed by atoms with Crippen LogP contribution < -0.4 is 9.47 Å². The number of hydrogen-bond acceptors (Lipinski definition) is 4. The average Bonchev–Trinajstić information content (AvgIpc) is 2.39. The minimum atomic E-state index is -0.228. The van der Waals surface area contributed by atoms with Gasteiger partial charge in [0.15, 0.2) is 0 Å². The molecule has 1 rings (SSSR count). The highest BCUT2D eigenvalue weighted by Gasteiger charge is 2.14. The molecule has 0 spiro atoms. The number of hydrogen-bond donors (Lipinski definition) is 0. The summed E-state index contributed by atoms with van der Waals surface area (Å²) in [6.45, 7) is 3.97. The molecular formula is C14H20O4. The van der Waals surface area contributed by atoms with Crippen LogP contribution in [-0.2, 0) is 16.0 Å². The summed E-state index contributed by atoms with van der Waals surface area (Å²) in [5.74, 6) is 1.40. The Hall–Kier alpha value is -1.71. The monoisotopic (exact) mass is 252 g/mol. The Morgan fingerprint density at radius 2 is 1.78 bits per heavy atom. The zero-order valence-electron chi connectivity index (χ0n) is 11.6. The minimum Gasteiger partial charge on any atom is -0.496 e. The molecule has 4 nitrogen and oxygen atoms in total. The molecule has 1 aromatic carbocycles. The van der Waals surface area contributed by atoms with Crippen LogP contribution in [0.1, 0.15) is 23.1 Å². The van der Waals surface area contributed by atoms with Gasteiger partial charge in [-0.25, -0.2) is 0 Å². The smallest absolute Gasteiger partial charge is 0.305 e. The number of methoxy groups -OCH3 is 3. The Kier molecular flexibility index (Phi) is 5.01. The Morgan fingerprint density at radius 3 is 2.28 bits per heavy atom. The first-order valence-electron chi connectivity index (χ1n) is 5.83. The van der Waals surface area contributed by atoms with E-state index in [2.05, 4.69) is 4.74 Å². The van der Waals surface area contributed by atoms with E-state index in [1.807, 2.05) is 19.9 Å². The van der Waals surface area contributed by atoms with Gasteiger partial charge in [-0.05, 0) is 43.0 Å². The maximum absolute atomic E-state index is 11.2. The first-order valence-corrected chi connectivity index (χ1v) is 5.83. The fourth-order valence-electron chi connectivity index (χ4n) is 1.95. The number of ether oxygens (including phenoxy) is 3. The summed E-state index contributed by atoms with van der Waals surface area (Å²) in [5.41, 5.74) is 3.05. The van der Waals surface area contributed by atoms with Crippen molar-refractivity contribution in [2.75, 3.05) is 21.3 Å². The van der Waals surface area contributed by atoms with Crippen LogP contribution in [0.5, 0.6) is 11.5 Å². The number of rotatable bonds is 5. The van der Waals surface area contributed by atoms with Crippen molar-refractivity contribution in [3.8, 4) is 11.5 Å². The summed E-state index contributed by atoms with van der Waals surface area (Å²) in [4.78, 5) is 11.2. The maximum atomic E-state index is 11.2. The summed E-state index contributed by atoms with van der Waals surface area (Å²) in [6, 6.07) is 1.92. The SMILES string of the molecule is COC(=O)CCc1cc(OC)c(C)c(C)c1OC. The first-order chi connectivity index (χ1) is 8.54. The molecule has 0 radical (unpaired) electrons. The molecule has 100 valence electrons. The highest BCUT2D eigenvalue weighted by Crippen LogP contribution is 2.33. The van der Waals surface area contributed by atoms with Gasteiger partial charge in [-0.15, -0.1) is 0 Å². The van der Waals surface area contributed by atoms with Crippen molar-refractivity contribution in [1.29, 1.82) is 0 Å². The topological polar surface area (TPSA) is 44.8 Å². The largest absolute Gasteiger partial charge is 0.496 e. The number of carbonyl (C=O) groups is 1. The molecule has 0 saturated carbocycles. The molecule has 0 atom stereocenters. The second kappa shape index (κ2) is 6.28. The summed E-state index contributed by atoms with van der Waals surface area (Å²) < 4.78 is 15.4. The van der Waals surface area contributed by atoms with Crippen LogP contribution in [0.3, 0.4) is 0 Å². The summed E-state index contributed by atoms with van der Waals surface area (Å²) in [6.07, 6.45) is 0.909. The van der Waals surface area contributed by atoms with Gasteiger partial charge in [-0.2, -0.15) is 0 Å². The average molecular weight is 252 g/mol. The third kappa shape index (κ3) is 2.94. The van der Waals surface area contributed by atoms with Crippen molar-refractivity contribution in [2.45, 2.75) is 26.7 Å². The van der Waals surface area contributed by atoms with Crippen LogP contribution in [0.15, 0.2) is 6.07 Å². The van der Waals surface area contributed by atoms with Gasteiger partial charge in [-0.3, -0.25) is 4.79 Å². The molecule has 0 N–H and O–H groups in total. The van der Waals surface area contributed by atoms with Crippen molar-refractivity contribution in [2.24, 2.45) is 0 Å². The standard InChI is InChI=1S/C14H20O4/c1-9-10(2)14(18-5)11(8-12(9)16-3)6-7-13(15)17-4/h8H,6-7H2,1-5H3. The Morgan fingerprint density at radius 1 is 1.11 bits per heavy atom. The van der Waals surface area contributed by atoms with Crippen LogP contribution in [0.25, 0.3) is 0 Å². The zero-order valence-corrected chi connectivity index (χ0v) is 11.6. The first kappa shape index (κ1) is 14.4. The Balaban J connectivity index is 3.09. The van der Waals surface area contributed by atoms with Crippen LogP contribution in [0.2, 0.25) is 0 Å². The molecule has 4 heteroatoms. The molecule has 0 unspecified atom stereocenters. The van der Waals surface area contributed by atoms with Crippen molar-refractivity contribution >= 4 is 5.97 Å². The van der Waals surface area contributed by atoms with E-state index in [4.69, 9.17) is 9.47 Å². The normalized spacial score (nSPS) is 10.1. The lowest BCUT2D eigenvalue weighted by Gasteiger charge is -2.16. The van der Waals surface area contributed by atoms with Gasteiger partial charge in [0.05, 0.1) is 21.3 Å². The molecule has 0 aromatic heterocycles. The lowest BCUT2D eigenvalue weighted by atomic mass is 10.00. The summed E-state index contributed by atoms with van der Waals surface area (Å²) in [7, 11) is 4.66. The number of benzene rings is 1. The molecule has 0 aliphatic carbocycles. The van der Waals surface area contributed by atoms with Crippen LogP contribution >= 0.6 is 0 Å². The third-order valence-electron chi connectivity index (χ3n) is 3.12. The van der Waals surface area contributed by atoms with Crippen molar-refractivity contribution < 1.29 is 19.0 Å². The van der Waals surface area contributed by atoms with Gasteiger partial charge in [0, 0.05) is 6.42 Å². The van der Waals surface area contributed by atoms with Crippen LogP contribution in [0.4, 0.5) is 0 Å². The molecule has 0 fully saturated rings. The second-order valence-electron chi connectivity index (χ2n) is 4.10. The van der Waals surface area contributed by atoms with Crippen LogP contribution in [-0.4, -0.2) is 27.3 Å². The van der Waals surface area contributed by atoms with Gasteiger partial charge in [0.25, 0.3) is 0 Å². The van der Waals surface area contributed by atoms with Gasteiger partial charge >= 0.3 is 5.97 Å². The highest BCUT2D eigenvalue weighted by atomic mass is 16.5. The quantitative estimate of drug-likeness (QED) is 0.755. The van der Waals surface area contributed by atoms with E-state index in [0.29, 0.717) is 12.8 Å². The van der Waals surface area contributed by atoms with Gasteiger partial charge in [-0.1, -0.05) is 0 Å². The van der Waals surface area contributed by atoms with E-state index < -0.39 is 0 Å². The summed E-state index contributed by atoms with van der Waals surface area (Å²) >= 11 is 0. The lowest BCUT2D eigenvalue weighted by molar-refractivity contribution is -0.140. The molecule has 0 saturated heterocycles.